The third kappa shape index (κ3) is 3.38. The predicted octanol–water partition coefficient (Wildman–Crippen LogP) is 2.29. The summed E-state index contributed by atoms with van der Waals surface area (Å²) in [4.78, 5) is 30.1. The fourth-order valence-corrected chi connectivity index (χ4v) is 5.43. The minimum Gasteiger partial charge on any atom is -0.346 e. The van der Waals surface area contributed by atoms with Crippen LogP contribution < -0.4 is 10.2 Å². The summed E-state index contributed by atoms with van der Waals surface area (Å²) in [7, 11) is 0. The smallest absolute Gasteiger partial charge is 0.261 e. The lowest BCUT2D eigenvalue weighted by Gasteiger charge is -2.27. The molecule has 2 atom stereocenters. The number of hydrogen-bond donors (Lipinski definition) is 2. The van der Waals surface area contributed by atoms with Crippen molar-refractivity contribution in [1.29, 1.82) is 0 Å². The van der Waals surface area contributed by atoms with Crippen molar-refractivity contribution < 1.29 is 4.79 Å². The lowest BCUT2D eigenvalue weighted by molar-refractivity contribution is -0.125. The van der Waals surface area contributed by atoms with Crippen LogP contribution in [0, 0.1) is 12.8 Å². The second-order valence-corrected chi connectivity index (χ2v) is 8.74. The molecule has 3 aliphatic rings. The molecule has 28 heavy (non-hydrogen) atoms. The second kappa shape index (κ2) is 7.93. The van der Waals surface area contributed by atoms with Gasteiger partial charge in [-0.05, 0) is 37.8 Å². The van der Waals surface area contributed by atoms with Gasteiger partial charge in [0.25, 0.3) is 5.91 Å². The minimum absolute atomic E-state index is 0. The van der Waals surface area contributed by atoms with Gasteiger partial charge in [-0.2, -0.15) is 0 Å². The Kier molecular flexibility index (Phi) is 5.53. The van der Waals surface area contributed by atoms with Gasteiger partial charge in [0.2, 0.25) is 0 Å². The van der Waals surface area contributed by atoms with E-state index in [2.05, 4.69) is 32.1 Å². The van der Waals surface area contributed by atoms with Crippen LogP contribution in [0.3, 0.4) is 0 Å². The fraction of sp³-hybridized carbons (Fsp3) is 0.526. The zero-order chi connectivity index (χ0) is 18.4. The number of nitrogens with zero attached hydrogens (tertiary/aromatic N) is 4. The number of rotatable bonds is 2. The number of aromatic amines is 1. The number of amides is 1. The number of likely N-dealkylation sites (tertiary alicyclic amines) is 1. The van der Waals surface area contributed by atoms with E-state index in [9.17, 15) is 4.79 Å². The van der Waals surface area contributed by atoms with Gasteiger partial charge in [0.1, 0.15) is 17.8 Å². The van der Waals surface area contributed by atoms with E-state index < -0.39 is 0 Å². The number of aryl methyl sites for hydroxylation is 1. The normalized spacial score (nSPS) is 24.7. The largest absolute Gasteiger partial charge is 0.346 e. The highest BCUT2D eigenvalue weighted by Gasteiger charge is 2.37. The van der Waals surface area contributed by atoms with Crippen LogP contribution in [0.15, 0.2) is 23.6 Å². The maximum absolute atomic E-state index is 13.1. The van der Waals surface area contributed by atoms with Crippen molar-refractivity contribution in [3.8, 4) is 0 Å². The molecule has 150 valence electrons. The number of H-pyrrole nitrogens is 1. The van der Waals surface area contributed by atoms with Crippen LogP contribution in [0.25, 0.3) is 11.0 Å². The van der Waals surface area contributed by atoms with Crippen molar-refractivity contribution in [3.63, 3.8) is 0 Å². The summed E-state index contributed by atoms with van der Waals surface area (Å²) in [6.07, 6.45) is 7.97. The van der Waals surface area contributed by atoms with E-state index in [1.165, 1.54) is 12.8 Å². The van der Waals surface area contributed by atoms with Gasteiger partial charge in [-0.15, -0.1) is 24.2 Å². The van der Waals surface area contributed by atoms with Crippen molar-refractivity contribution >= 4 is 46.9 Å². The standard InChI is InChI=1S/C19H24N6OS.ClH/c1-12-7-21-17-16(12)18(23-11-22-17)24-5-6-27-15(10-24)19(26)25-8-13-3-2-4-20-14(13)9-25;/h7,10-11,13-14,20H,2-6,8-9H2,1H3,(H,21,22,23);1H/t13-,14+;/m1./s1. The molecule has 5 heterocycles. The van der Waals surface area contributed by atoms with Crippen LogP contribution >= 0.6 is 24.2 Å². The Balaban J connectivity index is 0.00000192. The first-order valence-electron chi connectivity index (χ1n) is 9.63. The van der Waals surface area contributed by atoms with Gasteiger partial charge in [0, 0.05) is 43.8 Å². The summed E-state index contributed by atoms with van der Waals surface area (Å²) in [5.41, 5.74) is 1.96. The molecule has 1 amide bonds. The van der Waals surface area contributed by atoms with E-state index in [0.717, 1.165) is 59.3 Å². The van der Waals surface area contributed by atoms with E-state index in [4.69, 9.17) is 0 Å². The van der Waals surface area contributed by atoms with Crippen LogP contribution in [0.4, 0.5) is 5.82 Å². The van der Waals surface area contributed by atoms with Gasteiger partial charge in [-0.3, -0.25) is 4.79 Å². The lowest BCUT2D eigenvalue weighted by atomic mass is 9.94. The summed E-state index contributed by atoms with van der Waals surface area (Å²) in [5.74, 6) is 2.53. The van der Waals surface area contributed by atoms with Gasteiger partial charge in [-0.25, -0.2) is 9.97 Å². The number of fused-ring (bicyclic) bond motifs is 2. The molecule has 3 aliphatic heterocycles. The zero-order valence-electron chi connectivity index (χ0n) is 15.9. The highest BCUT2D eigenvalue weighted by molar-refractivity contribution is 8.04. The second-order valence-electron chi connectivity index (χ2n) is 7.60. The van der Waals surface area contributed by atoms with Crippen molar-refractivity contribution in [1.82, 2.24) is 25.2 Å². The first-order valence-corrected chi connectivity index (χ1v) is 10.6. The Hall–Kier alpha value is -1.77. The van der Waals surface area contributed by atoms with Crippen LogP contribution in [0.5, 0.6) is 0 Å². The van der Waals surface area contributed by atoms with Gasteiger partial charge >= 0.3 is 0 Å². The Morgan fingerprint density at radius 3 is 3.07 bits per heavy atom. The molecule has 2 aromatic rings. The molecule has 0 aromatic carbocycles. The van der Waals surface area contributed by atoms with E-state index in [-0.39, 0.29) is 18.3 Å². The van der Waals surface area contributed by atoms with Gasteiger partial charge in [0.15, 0.2) is 0 Å². The molecule has 2 saturated heterocycles. The fourth-order valence-electron chi connectivity index (χ4n) is 4.47. The third-order valence-electron chi connectivity index (χ3n) is 5.88. The number of hydrogen-bond acceptors (Lipinski definition) is 6. The summed E-state index contributed by atoms with van der Waals surface area (Å²) in [6, 6.07) is 0.469. The lowest BCUT2D eigenvalue weighted by Crippen LogP contribution is -2.41. The van der Waals surface area contributed by atoms with Gasteiger partial charge < -0.3 is 20.1 Å². The SMILES string of the molecule is Cc1c[nH]c2ncnc(N3C=C(C(=O)N4C[C@H]5CCCN[C@H]5C4)SCC3)c12.Cl. The number of carbonyl (C=O) groups is 1. The van der Waals surface area contributed by atoms with Crippen LogP contribution in [-0.2, 0) is 4.79 Å². The average Bonchev–Trinajstić information content (AvgIpc) is 3.31. The number of thioether (sulfide) groups is 1. The maximum Gasteiger partial charge on any atom is 0.261 e. The molecule has 0 bridgehead atoms. The first kappa shape index (κ1) is 19.5. The molecular weight excluding hydrogens is 396 g/mol. The predicted molar refractivity (Wildman–Crippen MR) is 115 cm³/mol. The van der Waals surface area contributed by atoms with Gasteiger partial charge in [0.05, 0.1) is 10.3 Å². The van der Waals surface area contributed by atoms with Gasteiger partial charge in [-0.1, -0.05) is 0 Å². The summed E-state index contributed by atoms with van der Waals surface area (Å²) in [5, 5.41) is 4.61. The Labute approximate surface area is 174 Å². The molecule has 0 radical (unpaired) electrons. The molecule has 0 unspecified atom stereocenters. The summed E-state index contributed by atoms with van der Waals surface area (Å²) in [6.45, 7) is 5.68. The molecule has 0 saturated carbocycles. The number of nitrogens with one attached hydrogen (secondary N) is 2. The molecule has 7 nitrogen and oxygen atoms in total. The number of carbonyl (C=O) groups excluding carboxylic acids is 1. The van der Waals surface area contributed by atoms with Crippen molar-refractivity contribution in [3.05, 3.63) is 29.2 Å². The molecule has 2 N–H and O–H groups in total. The first-order chi connectivity index (χ1) is 13.2. The van der Waals surface area contributed by atoms with Crippen molar-refractivity contribution in [2.24, 2.45) is 5.92 Å². The van der Waals surface area contributed by atoms with Crippen molar-refractivity contribution in [2.75, 3.05) is 36.8 Å². The Morgan fingerprint density at radius 2 is 2.21 bits per heavy atom. The van der Waals surface area contributed by atoms with E-state index in [1.54, 1.807) is 18.1 Å². The van der Waals surface area contributed by atoms with E-state index in [0.29, 0.717) is 12.0 Å². The summed E-state index contributed by atoms with van der Waals surface area (Å²) < 4.78 is 0. The quantitative estimate of drug-likeness (QED) is 0.776. The molecule has 0 aliphatic carbocycles. The zero-order valence-corrected chi connectivity index (χ0v) is 17.5. The molecule has 2 fully saturated rings. The van der Waals surface area contributed by atoms with Crippen LogP contribution in [0.1, 0.15) is 18.4 Å². The monoisotopic (exact) mass is 420 g/mol. The van der Waals surface area contributed by atoms with Crippen molar-refractivity contribution in [2.45, 2.75) is 25.8 Å². The highest BCUT2D eigenvalue weighted by atomic mass is 35.5. The Morgan fingerprint density at radius 1 is 1.32 bits per heavy atom. The molecular formula is C19H25ClN6OS. The molecule has 5 rings (SSSR count). The number of halogens is 1. The van der Waals surface area contributed by atoms with Crippen LogP contribution in [0.2, 0.25) is 0 Å². The summed E-state index contributed by atoms with van der Waals surface area (Å²) >= 11 is 1.66. The topological polar surface area (TPSA) is 77.2 Å². The van der Waals surface area contributed by atoms with Crippen LogP contribution in [-0.4, -0.2) is 63.7 Å². The average molecular weight is 421 g/mol. The molecule has 9 heteroatoms. The highest BCUT2D eigenvalue weighted by Crippen LogP contribution is 2.33. The molecule has 2 aromatic heterocycles. The minimum atomic E-state index is 0. The van der Waals surface area contributed by atoms with E-state index >= 15 is 0 Å². The number of anilines is 1. The van der Waals surface area contributed by atoms with E-state index in [1.807, 2.05) is 17.3 Å². The number of piperidine rings is 1. The third-order valence-corrected chi connectivity index (χ3v) is 6.86. The number of aromatic nitrogens is 3. The molecule has 0 spiro atoms. The maximum atomic E-state index is 13.1. The Bertz CT molecular complexity index is 901.